The molecule has 56 heavy (non-hydrogen) atoms. The van der Waals surface area contributed by atoms with Crippen LogP contribution in [0, 0.1) is 5.92 Å². The Bertz CT molecular complexity index is 1530. The van der Waals surface area contributed by atoms with Gasteiger partial charge in [-0.1, -0.05) is 44.2 Å². The Morgan fingerprint density at radius 1 is 0.643 bits per heavy atom. The maximum Gasteiger partial charge on any atom is 0.326 e. The van der Waals surface area contributed by atoms with Crippen LogP contribution in [0.5, 0.6) is 0 Å². The van der Waals surface area contributed by atoms with Crippen molar-refractivity contribution < 1.29 is 63.6 Å². The summed E-state index contributed by atoms with van der Waals surface area (Å²) in [7, 11) is 0. The van der Waals surface area contributed by atoms with Crippen LogP contribution in [0.3, 0.4) is 0 Å². The first-order valence-corrected chi connectivity index (χ1v) is 18.8. The van der Waals surface area contributed by atoms with Gasteiger partial charge in [0.05, 0.1) is 26.1 Å². The summed E-state index contributed by atoms with van der Waals surface area (Å²) in [5, 5.41) is 52.0. The van der Waals surface area contributed by atoms with Crippen LogP contribution >= 0.6 is 11.8 Å². The van der Waals surface area contributed by atoms with Gasteiger partial charge in [0.1, 0.15) is 42.3 Å². The van der Waals surface area contributed by atoms with Crippen molar-refractivity contribution in [2.45, 2.75) is 88.2 Å². The van der Waals surface area contributed by atoms with Crippen molar-refractivity contribution in [1.82, 2.24) is 31.9 Å². The first-order valence-electron chi connectivity index (χ1n) is 17.4. The van der Waals surface area contributed by atoms with Crippen molar-refractivity contribution in [3.63, 3.8) is 0 Å². The van der Waals surface area contributed by atoms with E-state index in [4.69, 9.17) is 11.5 Å². The number of aliphatic hydroxyl groups is 2. The normalized spacial score (nSPS) is 14.7. The second kappa shape index (κ2) is 25.0. The fourth-order valence-electron chi connectivity index (χ4n) is 4.97. The second-order valence-corrected chi connectivity index (χ2v) is 14.0. The van der Waals surface area contributed by atoms with E-state index in [1.807, 2.05) is 0 Å². The van der Waals surface area contributed by atoms with Gasteiger partial charge in [0.2, 0.25) is 41.4 Å². The molecule has 1 aromatic rings. The maximum absolute atomic E-state index is 13.5. The molecule has 0 aliphatic rings. The summed E-state index contributed by atoms with van der Waals surface area (Å²) in [5.41, 5.74) is 11.4. The highest BCUT2D eigenvalue weighted by Gasteiger charge is 2.35. The molecule has 22 heteroatoms. The van der Waals surface area contributed by atoms with E-state index in [1.54, 1.807) is 50.4 Å². The minimum Gasteiger partial charge on any atom is -0.481 e. The number of primary amides is 1. The highest BCUT2D eigenvalue weighted by Crippen LogP contribution is 2.09. The van der Waals surface area contributed by atoms with Gasteiger partial charge in [-0.2, -0.15) is 11.8 Å². The van der Waals surface area contributed by atoms with Crippen molar-refractivity contribution in [3.8, 4) is 0 Å². The molecule has 7 unspecified atom stereocenters. The number of carboxylic acid groups (broad SMARTS) is 2. The number of aliphatic carboxylic acids is 2. The number of carbonyl (C=O) groups is 9. The number of rotatable bonds is 26. The van der Waals surface area contributed by atoms with Gasteiger partial charge >= 0.3 is 11.9 Å². The average molecular weight is 813 g/mol. The van der Waals surface area contributed by atoms with Gasteiger partial charge in [-0.25, -0.2) is 4.79 Å². The number of aliphatic hydroxyl groups excluding tert-OH is 2. The Morgan fingerprint density at radius 2 is 1.11 bits per heavy atom. The summed E-state index contributed by atoms with van der Waals surface area (Å²) in [6, 6.07) is -2.65. The number of amides is 7. The van der Waals surface area contributed by atoms with Crippen molar-refractivity contribution in [2.24, 2.45) is 17.4 Å². The lowest BCUT2D eigenvalue weighted by Gasteiger charge is -2.27. The lowest BCUT2D eigenvalue weighted by molar-refractivity contribution is -0.143. The third-order valence-electron chi connectivity index (χ3n) is 7.88. The van der Waals surface area contributed by atoms with E-state index in [0.29, 0.717) is 11.3 Å². The van der Waals surface area contributed by atoms with Gasteiger partial charge in [0.15, 0.2) is 0 Å². The van der Waals surface area contributed by atoms with Gasteiger partial charge < -0.3 is 63.8 Å². The zero-order valence-corrected chi connectivity index (χ0v) is 32.0. The van der Waals surface area contributed by atoms with Crippen LogP contribution < -0.4 is 43.4 Å². The van der Waals surface area contributed by atoms with Crippen molar-refractivity contribution in [2.75, 3.05) is 25.2 Å². The Kier molecular flexibility index (Phi) is 21.7. The molecule has 0 aliphatic carbocycles. The third kappa shape index (κ3) is 17.9. The number of nitrogens with one attached hydrogen (secondary N) is 6. The fourth-order valence-corrected chi connectivity index (χ4v) is 5.44. The molecule has 0 aromatic heterocycles. The minimum absolute atomic E-state index is 0.0472. The van der Waals surface area contributed by atoms with Gasteiger partial charge in [0.25, 0.3) is 0 Å². The van der Waals surface area contributed by atoms with Crippen molar-refractivity contribution >= 4 is 65.1 Å². The molecule has 0 saturated heterocycles. The molecule has 0 saturated carbocycles. The third-order valence-corrected chi connectivity index (χ3v) is 8.52. The summed E-state index contributed by atoms with van der Waals surface area (Å²) >= 11 is 1.33. The molecule has 0 radical (unpaired) electrons. The van der Waals surface area contributed by atoms with E-state index in [2.05, 4.69) is 31.9 Å². The number of carboxylic acids is 2. The molecular formula is C34H52N8O13S. The molecule has 312 valence electrons. The van der Waals surface area contributed by atoms with E-state index < -0.39 is 122 Å². The second-order valence-electron chi connectivity index (χ2n) is 13.0. The average Bonchev–Trinajstić information content (AvgIpc) is 3.13. The van der Waals surface area contributed by atoms with E-state index in [0.717, 1.165) is 0 Å². The number of carbonyl (C=O) groups excluding carboxylic acids is 7. The van der Waals surface area contributed by atoms with Crippen LogP contribution in [0.4, 0.5) is 0 Å². The summed E-state index contributed by atoms with van der Waals surface area (Å²) in [5.74, 6) is -10.2. The van der Waals surface area contributed by atoms with Crippen LogP contribution in [-0.4, -0.2) is 141 Å². The maximum atomic E-state index is 13.5. The van der Waals surface area contributed by atoms with Gasteiger partial charge in [-0.15, -0.1) is 0 Å². The van der Waals surface area contributed by atoms with Crippen molar-refractivity contribution in [3.05, 3.63) is 35.9 Å². The number of hydrogen-bond donors (Lipinski definition) is 12. The first kappa shape index (κ1) is 48.7. The molecule has 14 N–H and O–H groups in total. The van der Waals surface area contributed by atoms with Crippen LogP contribution in [0.2, 0.25) is 0 Å². The van der Waals surface area contributed by atoms with Crippen LogP contribution in [0.1, 0.15) is 45.1 Å². The number of benzene rings is 1. The number of nitrogens with two attached hydrogens (primary N) is 2. The zero-order valence-electron chi connectivity index (χ0n) is 31.2. The SMILES string of the molecule is CSCCC(NC(=O)C(N)CO)C(=O)NC(CC(N)=O)C(=O)NC(CO)C(=O)NC(CC(C)C)C(=O)NC(CC(=O)O)C(=O)NC(Cc1ccccc1)C(=O)O. The zero-order chi connectivity index (χ0) is 42.5. The molecule has 0 aliphatic heterocycles. The molecule has 21 nitrogen and oxygen atoms in total. The molecule has 0 fully saturated rings. The highest BCUT2D eigenvalue weighted by molar-refractivity contribution is 7.98. The molecule has 1 aromatic carbocycles. The largest absolute Gasteiger partial charge is 0.481 e. The van der Waals surface area contributed by atoms with Crippen LogP contribution in [0.15, 0.2) is 30.3 Å². The Morgan fingerprint density at radius 3 is 1.59 bits per heavy atom. The van der Waals surface area contributed by atoms with E-state index in [1.165, 1.54) is 11.8 Å². The summed E-state index contributed by atoms with van der Waals surface area (Å²) in [6.07, 6.45) is -0.225. The van der Waals surface area contributed by atoms with Gasteiger partial charge in [-0.05, 0) is 36.3 Å². The molecule has 0 bridgehead atoms. The predicted octanol–water partition coefficient (Wildman–Crippen LogP) is -4.32. The molecular weight excluding hydrogens is 760 g/mol. The van der Waals surface area contributed by atoms with Gasteiger partial charge in [0, 0.05) is 6.42 Å². The Hall–Kier alpha value is -5.32. The molecule has 7 atom stereocenters. The summed E-state index contributed by atoms with van der Waals surface area (Å²) < 4.78 is 0. The topological polar surface area (TPSA) is 359 Å². The molecule has 1 rings (SSSR count). The van der Waals surface area contributed by atoms with E-state index >= 15 is 0 Å². The van der Waals surface area contributed by atoms with E-state index in [-0.39, 0.29) is 25.2 Å². The van der Waals surface area contributed by atoms with Crippen molar-refractivity contribution in [1.29, 1.82) is 0 Å². The van der Waals surface area contributed by atoms with Crippen LogP contribution in [-0.2, 0) is 49.6 Å². The molecule has 0 heterocycles. The summed E-state index contributed by atoms with van der Waals surface area (Å²) in [4.78, 5) is 114. The Balaban J connectivity index is 3.20. The smallest absolute Gasteiger partial charge is 0.326 e. The number of hydrogen-bond acceptors (Lipinski definition) is 13. The lowest BCUT2D eigenvalue weighted by atomic mass is 10.0. The molecule has 0 spiro atoms. The predicted molar refractivity (Wildman–Crippen MR) is 200 cm³/mol. The fraction of sp³-hybridized carbons (Fsp3) is 0.559. The first-order chi connectivity index (χ1) is 26.3. The monoisotopic (exact) mass is 812 g/mol. The Labute approximate surface area is 326 Å². The molecule has 7 amide bonds. The standard InChI is InChI=1S/C34H52N8O13S/c1-17(2)11-21(30(50)40-23(14-27(46)47)32(52)41-24(34(54)55)12-18-7-5-4-6-8-18)38-33(53)25(16-44)42-31(51)22(13-26(36)45)39-29(49)20(9-10-56-3)37-28(48)19(35)15-43/h4-8,17,19-25,43-44H,9-16,35H2,1-3H3,(H2,36,45)(H,37,48)(H,38,53)(H,39,49)(H,40,50)(H,41,52)(H,42,51)(H,46,47)(H,54,55). The minimum atomic E-state index is -1.79. The summed E-state index contributed by atoms with van der Waals surface area (Å²) in [6.45, 7) is 1.56. The van der Waals surface area contributed by atoms with Crippen LogP contribution in [0.25, 0.3) is 0 Å². The van der Waals surface area contributed by atoms with Gasteiger partial charge in [-0.3, -0.25) is 38.4 Å². The quantitative estimate of drug-likeness (QED) is 0.0421. The van der Waals surface area contributed by atoms with E-state index in [9.17, 15) is 63.6 Å². The lowest BCUT2D eigenvalue weighted by Crippen LogP contribution is -2.61. The highest BCUT2D eigenvalue weighted by atomic mass is 32.2. The number of thioether (sulfide) groups is 1.